The number of para-hydroxylation sites is 2. The van der Waals surface area contributed by atoms with E-state index in [0.29, 0.717) is 30.5 Å². The molecule has 0 spiro atoms. The Morgan fingerprint density at radius 2 is 1.83 bits per heavy atom. The summed E-state index contributed by atoms with van der Waals surface area (Å²) in [5.74, 6) is -0.567. The largest absolute Gasteiger partial charge is 0.432 e. The summed E-state index contributed by atoms with van der Waals surface area (Å²) in [6.07, 6.45) is 2.02. The van der Waals surface area contributed by atoms with E-state index in [-0.39, 0.29) is 5.89 Å². The highest BCUT2D eigenvalue weighted by atomic mass is 16.4. The first-order chi connectivity index (χ1) is 11.3. The van der Waals surface area contributed by atoms with Gasteiger partial charge in [0.2, 0.25) is 6.41 Å². The number of aryl methyl sites for hydroxylation is 1. The van der Waals surface area contributed by atoms with Crippen LogP contribution in [0.15, 0.2) is 59.0 Å². The molecule has 3 rings (SSSR count). The molecule has 2 aromatic carbocycles. The van der Waals surface area contributed by atoms with E-state index >= 15 is 0 Å². The minimum atomic E-state index is -0.510. The van der Waals surface area contributed by atoms with Gasteiger partial charge in [0.15, 0.2) is 5.58 Å². The van der Waals surface area contributed by atoms with E-state index in [1.807, 2.05) is 36.4 Å². The van der Waals surface area contributed by atoms with Crippen LogP contribution in [0, 0.1) is 0 Å². The van der Waals surface area contributed by atoms with E-state index in [1.165, 1.54) is 5.56 Å². The fourth-order valence-electron chi connectivity index (χ4n) is 2.39. The lowest BCUT2D eigenvalue weighted by molar-refractivity contribution is -0.116. The van der Waals surface area contributed by atoms with Crippen LogP contribution < -0.4 is 0 Å². The van der Waals surface area contributed by atoms with E-state index in [2.05, 4.69) is 4.98 Å². The van der Waals surface area contributed by atoms with Crippen LogP contribution in [0.1, 0.15) is 22.7 Å². The smallest absolute Gasteiger partial charge is 0.316 e. The fourth-order valence-corrected chi connectivity index (χ4v) is 2.39. The zero-order valence-electron chi connectivity index (χ0n) is 12.5. The van der Waals surface area contributed by atoms with Gasteiger partial charge < -0.3 is 4.42 Å². The van der Waals surface area contributed by atoms with Crippen molar-refractivity contribution in [2.75, 3.05) is 6.54 Å². The minimum absolute atomic E-state index is 0.0574. The molecule has 2 amide bonds. The zero-order chi connectivity index (χ0) is 16.1. The number of hydrogen-bond donors (Lipinski definition) is 0. The average molecular weight is 308 g/mol. The van der Waals surface area contributed by atoms with Gasteiger partial charge in [0, 0.05) is 6.54 Å². The number of nitrogens with zero attached hydrogens (tertiary/aromatic N) is 2. The molecule has 1 aromatic heterocycles. The minimum Gasteiger partial charge on any atom is -0.432 e. The predicted octanol–water partition coefficient (Wildman–Crippen LogP) is 3.06. The Bertz CT molecular complexity index is 778. The Balaban J connectivity index is 1.65. The average Bonchev–Trinajstić information content (AvgIpc) is 3.03. The van der Waals surface area contributed by atoms with Crippen molar-refractivity contribution in [3.63, 3.8) is 0 Å². The number of imide groups is 1. The summed E-state index contributed by atoms with van der Waals surface area (Å²) in [7, 11) is 0. The first-order valence-corrected chi connectivity index (χ1v) is 7.43. The number of rotatable bonds is 6. The Morgan fingerprint density at radius 3 is 2.57 bits per heavy atom. The lowest BCUT2D eigenvalue weighted by Crippen LogP contribution is -2.31. The third kappa shape index (κ3) is 3.45. The lowest BCUT2D eigenvalue weighted by Gasteiger charge is -2.13. The highest BCUT2D eigenvalue weighted by molar-refractivity contribution is 5.97. The van der Waals surface area contributed by atoms with E-state index in [4.69, 9.17) is 4.42 Å². The van der Waals surface area contributed by atoms with E-state index in [9.17, 15) is 9.59 Å². The number of aromatic nitrogens is 1. The molecule has 0 saturated heterocycles. The molecule has 0 aliphatic rings. The molecule has 0 aliphatic carbocycles. The fraction of sp³-hybridized carbons (Fsp3) is 0.167. The van der Waals surface area contributed by atoms with Crippen molar-refractivity contribution in [1.82, 2.24) is 9.88 Å². The number of benzene rings is 2. The van der Waals surface area contributed by atoms with Crippen LogP contribution in [0.2, 0.25) is 0 Å². The molecule has 116 valence electrons. The summed E-state index contributed by atoms with van der Waals surface area (Å²) in [5, 5.41) is 0. The van der Waals surface area contributed by atoms with Gasteiger partial charge in [-0.25, -0.2) is 4.98 Å². The van der Waals surface area contributed by atoms with E-state index < -0.39 is 5.91 Å². The normalized spacial score (nSPS) is 10.6. The van der Waals surface area contributed by atoms with E-state index in [0.717, 1.165) is 11.3 Å². The highest BCUT2D eigenvalue weighted by Gasteiger charge is 2.20. The SMILES string of the molecule is O=CN(CCCc1ccccc1)C(=O)c1nc2ccccc2o1. The van der Waals surface area contributed by atoms with Gasteiger partial charge in [0.05, 0.1) is 0 Å². The molecule has 5 nitrogen and oxygen atoms in total. The summed E-state index contributed by atoms with van der Waals surface area (Å²) < 4.78 is 5.42. The third-order valence-corrected chi connectivity index (χ3v) is 3.57. The van der Waals surface area contributed by atoms with Crippen LogP contribution in [0.25, 0.3) is 11.1 Å². The van der Waals surface area contributed by atoms with Gasteiger partial charge in [-0.3, -0.25) is 14.5 Å². The Morgan fingerprint density at radius 1 is 1.09 bits per heavy atom. The number of carbonyl (C=O) groups is 2. The summed E-state index contributed by atoms with van der Waals surface area (Å²) in [6.45, 7) is 0.329. The molecule has 0 N–H and O–H groups in total. The number of amides is 2. The van der Waals surface area contributed by atoms with Crippen LogP contribution in [-0.2, 0) is 11.2 Å². The molecule has 0 saturated carbocycles. The highest BCUT2D eigenvalue weighted by Crippen LogP contribution is 2.16. The first kappa shape index (κ1) is 15.0. The lowest BCUT2D eigenvalue weighted by atomic mass is 10.1. The molecule has 0 unspecified atom stereocenters. The molecule has 3 aromatic rings. The maximum Gasteiger partial charge on any atom is 0.316 e. The second kappa shape index (κ2) is 6.87. The van der Waals surface area contributed by atoms with Crippen molar-refractivity contribution in [3.05, 3.63) is 66.1 Å². The number of oxazole rings is 1. The van der Waals surface area contributed by atoms with Gasteiger partial charge in [-0.2, -0.15) is 0 Å². The van der Waals surface area contributed by atoms with Crippen molar-refractivity contribution < 1.29 is 14.0 Å². The standard InChI is InChI=1S/C18H16N2O3/c21-13-20(12-6-9-14-7-2-1-3-8-14)18(22)17-19-15-10-4-5-11-16(15)23-17/h1-5,7-8,10-11,13H,6,9,12H2. The van der Waals surface area contributed by atoms with Crippen molar-refractivity contribution >= 4 is 23.4 Å². The molecule has 23 heavy (non-hydrogen) atoms. The summed E-state index contributed by atoms with van der Waals surface area (Å²) in [5.41, 5.74) is 2.31. The van der Waals surface area contributed by atoms with Crippen molar-refractivity contribution in [3.8, 4) is 0 Å². The topological polar surface area (TPSA) is 63.4 Å². The van der Waals surface area contributed by atoms with Crippen LogP contribution in [0.3, 0.4) is 0 Å². The number of fused-ring (bicyclic) bond motifs is 1. The van der Waals surface area contributed by atoms with Crippen LogP contribution in [0.5, 0.6) is 0 Å². The molecule has 0 atom stereocenters. The van der Waals surface area contributed by atoms with Gasteiger partial charge in [-0.05, 0) is 30.5 Å². The van der Waals surface area contributed by atoms with Gasteiger partial charge in [0.25, 0.3) is 5.89 Å². The quantitative estimate of drug-likeness (QED) is 0.657. The monoisotopic (exact) mass is 308 g/mol. The number of carbonyl (C=O) groups excluding carboxylic acids is 2. The Labute approximate surface area is 133 Å². The summed E-state index contributed by atoms with van der Waals surface area (Å²) in [6, 6.07) is 17.1. The maximum absolute atomic E-state index is 12.3. The molecule has 0 aliphatic heterocycles. The predicted molar refractivity (Wildman–Crippen MR) is 85.9 cm³/mol. The van der Waals surface area contributed by atoms with Crippen molar-refractivity contribution in [2.24, 2.45) is 0 Å². The zero-order valence-corrected chi connectivity index (χ0v) is 12.5. The molecular weight excluding hydrogens is 292 g/mol. The first-order valence-electron chi connectivity index (χ1n) is 7.43. The molecular formula is C18H16N2O3. The Kier molecular flexibility index (Phi) is 4.47. The maximum atomic E-state index is 12.3. The molecule has 0 radical (unpaired) electrons. The van der Waals surface area contributed by atoms with Crippen LogP contribution >= 0.6 is 0 Å². The second-order valence-corrected chi connectivity index (χ2v) is 5.18. The molecule has 0 fully saturated rings. The molecule has 1 heterocycles. The molecule has 5 heteroatoms. The van der Waals surface area contributed by atoms with Gasteiger partial charge in [-0.1, -0.05) is 42.5 Å². The van der Waals surface area contributed by atoms with Gasteiger partial charge in [-0.15, -0.1) is 0 Å². The van der Waals surface area contributed by atoms with Gasteiger partial charge >= 0.3 is 5.91 Å². The summed E-state index contributed by atoms with van der Waals surface area (Å²) in [4.78, 5) is 28.8. The number of hydrogen-bond acceptors (Lipinski definition) is 4. The molecule has 0 bridgehead atoms. The van der Waals surface area contributed by atoms with Crippen LogP contribution in [-0.4, -0.2) is 28.7 Å². The van der Waals surface area contributed by atoms with Crippen molar-refractivity contribution in [2.45, 2.75) is 12.8 Å². The van der Waals surface area contributed by atoms with Crippen LogP contribution in [0.4, 0.5) is 0 Å². The second-order valence-electron chi connectivity index (χ2n) is 5.18. The van der Waals surface area contributed by atoms with Gasteiger partial charge in [0.1, 0.15) is 5.52 Å². The van der Waals surface area contributed by atoms with E-state index in [1.54, 1.807) is 18.2 Å². The third-order valence-electron chi connectivity index (χ3n) is 3.57. The van der Waals surface area contributed by atoms with Crippen molar-refractivity contribution in [1.29, 1.82) is 0 Å². The summed E-state index contributed by atoms with van der Waals surface area (Å²) >= 11 is 0. The Hall–Kier alpha value is -2.95.